The fraction of sp³-hybridized carbons (Fsp3) is 1.00. The monoisotopic (exact) mass is 167 g/mol. The molecule has 0 aromatic rings. The van der Waals surface area contributed by atoms with E-state index in [-0.39, 0.29) is 0 Å². The van der Waals surface area contributed by atoms with Gasteiger partial charge in [-0.05, 0) is 58.9 Å². The molecule has 1 saturated heterocycles. The quantitative estimate of drug-likeness (QED) is 0.536. The van der Waals surface area contributed by atoms with Crippen LogP contribution in [0.1, 0.15) is 47.0 Å². The van der Waals surface area contributed by atoms with Gasteiger partial charge in [0.25, 0.3) is 0 Å². The molecule has 1 unspecified atom stereocenters. The summed E-state index contributed by atoms with van der Waals surface area (Å²) >= 11 is 0. The molecule has 0 amide bonds. The fourth-order valence-corrected chi connectivity index (χ4v) is 2.82. The second-order valence-corrected chi connectivity index (χ2v) is 5.65. The van der Waals surface area contributed by atoms with Gasteiger partial charge in [-0.2, -0.15) is 0 Å². The van der Waals surface area contributed by atoms with E-state index in [1.165, 1.54) is 25.8 Å². The largest absolute Gasteiger partial charge is 0.295 e. The van der Waals surface area contributed by atoms with Crippen LogP contribution in [0.15, 0.2) is 0 Å². The Morgan fingerprint density at radius 3 is 2.00 bits per heavy atom. The smallest absolute Gasteiger partial charge is 0.0129 e. The second kappa shape index (κ2) is 2.25. The molecular weight excluding hydrogens is 146 g/mol. The molecule has 1 heterocycles. The molecule has 1 aliphatic heterocycles. The zero-order valence-electron chi connectivity index (χ0n) is 8.85. The molecule has 1 atom stereocenters. The highest BCUT2D eigenvalue weighted by atomic mass is 15.2. The summed E-state index contributed by atoms with van der Waals surface area (Å²) in [4.78, 5) is 2.68. The van der Waals surface area contributed by atoms with Crippen molar-refractivity contribution in [2.24, 2.45) is 5.41 Å². The molecule has 0 N–H and O–H groups in total. The Balaban J connectivity index is 2.11. The van der Waals surface area contributed by atoms with Crippen LogP contribution < -0.4 is 0 Å². The molecule has 12 heavy (non-hydrogen) atoms. The van der Waals surface area contributed by atoms with Gasteiger partial charge >= 0.3 is 0 Å². The minimum Gasteiger partial charge on any atom is -0.295 e. The van der Waals surface area contributed by atoms with Crippen molar-refractivity contribution in [3.63, 3.8) is 0 Å². The van der Waals surface area contributed by atoms with Gasteiger partial charge in [-0.15, -0.1) is 0 Å². The summed E-state index contributed by atoms with van der Waals surface area (Å²) in [6.07, 6.45) is 4.42. The van der Waals surface area contributed by atoms with Crippen LogP contribution in [0.4, 0.5) is 0 Å². The van der Waals surface area contributed by atoms with Crippen LogP contribution in [0.5, 0.6) is 0 Å². The fourth-order valence-electron chi connectivity index (χ4n) is 2.82. The van der Waals surface area contributed by atoms with Crippen molar-refractivity contribution in [2.75, 3.05) is 6.54 Å². The maximum Gasteiger partial charge on any atom is 0.0129 e. The molecule has 0 aromatic heterocycles. The first-order chi connectivity index (χ1) is 5.46. The summed E-state index contributed by atoms with van der Waals surface area (Å²) in [6.45, 7) is 10.8. The average Bonchev–Trinajstić information content (AvgIpc) is 2.58. The van der Waals surface area contributed by atoms with E-state index in [1.807, 2.05) is 0 Å². The predicted octanol–water partition coefficient (Wildman–Crippen LogP) is 2.66. The third kappa shape index (κ3) is 1.10. The molecule has 0 bridgehead atoms. The maximum atomic E-state index is 2.68. The molecule has 2 aliphatic rings. The van der Waals surface area contributed by atoms with Crippen LogP contribution in [0, 0.1) is 5.41 Å². The maximum absolute atomic E-state index is 2.68. The Bertz CT molecular complexity index is 186. The van der Waals surface area contributed by atoms with Crippen molar-refractivity contribution in [2.45, 2.75) is 58.5 Å². The van der Waals surface area contributed by atoms with E-state index in [9.17, 15) is 0 Å². The average molecular weight is 167 g/mol. The van der Waals surface area contributed by atoms with Crippen molar-refractivity contribution < 1.29 is 0 Å². The van der Waals surface area contributed by atoms with Crippen LogP contribution in [-0.4, -0.2) is 23.0 Å². The molecule has 0 radical (unpaired) electrons. The van der Waals surface area contributed by atoms with E-state index in [0.29, 0.717) is 5.54 Å². The van der Waals surface area contributed by atoms with Crippen LogP contribution in [0.3, 0.4) is 0 Å². The first kappa shape index (κ1) is 8.55. The lowest BCUT2D eigenvalue weighted by Gasteiger charge is -2.36. The first-order valence-corrected chi connectivity index (χ1v) is 5.22. The van der Waals surface area contributed by atoms with Gasteiger partial charge in [0.15, 0.2) is 0 Å². The summed E-state index contributed by atoms with van der Waals surface area (Å²) in [5.41, 5.74) is 1.14. The van der Waals surface area contributed by atoms with Gasteiger partial charge in [-0.3, -0.25) is 4.90 Å². The summed E-state index contributed by atoms with van der Waals surface area (Å²) in [6, 6.07) is 0.831. The summed E-state index contributed by atoms with van der Waals surface area (Å²) < 4.78 is 0. The first-order valence-electron chi connectivity index (χ1n) is 5.22. The third-order valence-corrected chi connectivity index (χ3v) is 3.96. The highest BCUT2D eigenvalue weighted by Gasteiger charge is 2.54. The Labute approximate surface area is 76.1 Å². The van der Waals surface area contributed by atoms with Crippen LogP contribution in [0.25, 0.3) is 0 Å². The van der Waals surface area contributed by atoms with Gasteiger partial charge < -0.3 is 0 Å². The second-order valence-electron chi connectivity index (χ2n) is 5.65. The topological polar surface area (TPSA) is 3.24 Å². The van der Waals surface area contributed by atoms with Gasteiger partial charge in [0.1, 0.15) is 0 Å². The van der Waals surface area contributed by atoms with Gasteiger partial charge in [-0.25, -0.2) is 0 Å². The van der Waals surface area contributed by atoms with Gasteiger partial charge in [0, 0.05) is 11.6 Å². The molecule has 1 spiro atoms. The van der Waals surface area contributed by atoms with Crippen molar-refractivity contribution in [3.05, 3.63) is 0 Å². The van der Waals surface area contributed by atoms with Crippen LogP contribution in [0.2, 0.25) is 0 Å². The zero-order chi connectivity index (χ0) is 8.98. The Kier molecular flexibility index (Phi) is 1.61. The SMILES string of the molecule is CC1N(C(C)(C)C)CCC12CC2. The van der Waals surface area contributed by atoms with Crippen molar-refractivity contribution in [1.82, 2.24) is 4.90 Å². The van der Waals surface area contributed by atoms with E-state index < -0.39 is 0 Å². The van der Waals surface area contributed by atoms with Gasteiger partial charge in [0.05, 0.1) is 0 Å². The lowest BCUT2D eigenvalue weighted by atomic mass is 9.97. The molecular formula is C11H21N. The molecule has 1 saturated carbocycles. The van der Waals surface area contributed by atoms with E-state index >= 15 is 0 Å². The zero-order valence-corrected chi connectivity index (χ0v) is 8.85. The molecule has 2 rings (SSSR count). The molecule has 0 aromatic carbocycles. The Morgan fingerprint density at radius 2 is 1.75 bits per heavy atom. The minimum atomic E-state index is 0.380. The van der Waals surface area contributed by atoms with Crippen molar-refractivity contribution in [3.8, 4) is 0 Å². The lowest BCUT2D eigenvalue weighted by molar-refractivity contribution is 0.113. The number of rotatable bonds is 0. The van der Waals surface area contributed by atoms with Crippen molar-refractivity contribution >= 4 is 0 Å². The molecule has 1 aliphatic carbocycles. The number of likely N-dealkylation sites (tertiary alicyclic amines) is 1. The van der Waals surface area contributed by atoms with Crippen LogP contribution in [-0.2, 0) is 0 Å². The Morgan fingerprint density at radius 1 is 1.17 bits per heavy atom. The minimum absolute atomic E-state index is 0.380. The third-order valence-electron chi connectivity index (χ3n) is 3.96. The summed E-state index contributed by atoms with van der Waals surface area (Å²) in [7, 11) is 0. The van der Waals surface area contributed by atoms with Crippen LogP contribution >= 0.6 is 0 Å². The number of hydrogen-bond acceptors (Lipinski definition) is 1. The van der Waals surface area contributed by atoms with Crippen molar-refractivity contribution in [1.29, 1.82) is 0 Å². The molecule has 70 valence electrons. The summed E-state index contributed by atoms with van der Waals surface area (Å²) in [5.74, 6) is 0. The van der Waals surface area contributed by atoms with E-state index in [2.05, 4.69) is 32.6 Å². The van der Waals surface area contributed by atoms with Gasteiger partial charge in [0.2, 0.25) is 0 Å². The van der Waals surface area contributed by atoms with E-state index in [1.54, 1.807) is 0 Å². The standard InChI is InChI=1S/C11H21N/c1-9-11(5-6-11)7-8-12(9)10(2,3)4/h9H,5-8H2,1-4H3. The number of hydrogen-bond donors (Lipinski definition) is 0. The lowest BCUT2D eigenvalue weighted by Crippen LogP contribution is -2.44. The van der Waals surface area contributed by atoms with E-state index in [4.69, 9.17) is 0 Å². The highest BCUT2D eigenvalue weighted by molar-refractivity contribution is 5.08. The number of nitrogens with zero attached hydrogens (tertiary/aromatic N) is 1. The summed E-state index contributed by atoms with van der Waals surface area (Å²) in [5, 5.41) is 0. The Hall–Kier alpha value is -0.0400. The predicted molar refractivity (Wildman–Crippen MR) is 52.2 cm³/mol. The molecule has 1 nitrogen and oxygen atoms in total. The van der Waals surface area contributed by atoms with Gasteiger partial charge in [-0.1, -0.05) is 0 Å². The normalized spacial score (nSPS) is 34.5. The molecule has 1 heteroatoms. The van der Waals surface area contributed by atoms with E-state index in [0.717, 1.165) is 11.5 Å². The highest BCUT2D eigenvalue weighted by Crippen LogP contribution is 2.57. The molecule has 2 fully saturated rings.